The molecule has 31 heavy (non-hydrogen) atoms. The monoisotopic (exact) mass is 545 g/mol. The molecule has 1 aromatic carbocycles. The first-order valence-electron chi connectivity index (χ1n) is 10.8. The van der Waals surface area contributed by atoms with Crippen molar-refractivity contribution in [2.45, 2.75) is 44.9 Å². The van der Waals surface area contributed by atoms with Gasteiger partial charge in [-0.15, -0.1) is 24.0 Å². The van der Waals surface area contributed by atoms with Crippen LogP contribution < -0.4 is 16.0 Å². The Morgan fingerprint density at radius 1 is 1.23 bits per heavy atom. The molecular formula is C22H36IN5O3. The van der Waals surface area contributed by atoms with Crippen molar-refractivity contribution in [1.82, 2.24) is 15.5 Å². The van der Waals surface area contributed by atoms with E-state index in [1.165, 1.54) is 0 Å². The van der Waals surface area contributed by atoms with Gasteiger partial charge in [0.15, 0.2) is 5.96 Å². The van der Waals surface area contributed by atoms with Crippen molar-refractivity contribution in [1.29, 1.82) is 0 Å². The van der Waals surface area contributed by atoms with Crippen LogP contribution in [0.25, 0.3) is 0 Å². The molecule has 2 heterocycles. The highest BCUT2D eigenvalue weighted by atomic mass is 127. The van der Waals surface area contributed by atoms with Gasteiger partial charge in [0, 0.05) is 51.1 Å². The van der Waals surface area contributed by atoms with Crippen molar-refractivity contribution < 1.29 is 14.3 Å². The third-order valence-corrected chi connectivity index (χ3v) is 5.66. The zero-order valence-electron chi connectivity index (χ0n) is 18.8. The van der Waals surface area contributed by atoms with E-state index in [9.17, 15) is 4.79 Å². The second kappa shape index (κ2) is 12.6. The second-order valence-electron chi connectivity index (χ2n) is 8.38. The van der Waals surface area contributed by atoms with Crippen LogP contribution in [0.5, 0.6) is 0 Å². The number of anilines is 1. The van der Waals surface area contributed by atoms with Gasteiger partial charge in [-0.1, -0.05) is 12.1 Å². The summed E-state index contributed by atoms with van der Waals surface area (Å²) >= 11 is 0. The van der Waals surface area contributed by atoms with Crippen LogP contribution in [0.2, 0.25) is 0 Å². The van der Waals surface area contributed by atoms with Crippen LogP contribution in [0.3, 0.4) is 0 Å². The maximum Gasteiger partial charge on any atom is 0.253 e. The number of rotatable bonds is 7. The number of guanidine groups is 1. The molecule has 2 aliphatic heterocycles. The molecule has 174 valence electrons. The highest BCUT2D eigenvalue weighted by molar-refractivity contribution is 14.0. The predicted molar refractivity (Wildman–Crippen MR) is 134 cm³/mol. The Morgan fingerprint density at radius 2 is 2.00 bits per heavy atom. The van der Waals surface area contributed by atoms with E-state index in [1.54, 1.807) is 7.05 Å². The molecule has 3 N–H and O–H groups in total. The number of carbonyl (C=O) groups excluding carboxylic acids is 1. The average Bonchev–Trinajstić information content (AvgIpc) is 3.30. The Morgan fingerprint density at radius 3 is 2.68 bits per heavy atom. The average molecular weight is 545 g/mol. The summed E-state index contributed by atoms with van der Waals surface area (Å²) < 4.78 is 10.9. The number of amides is 1. The van der Waals surface area contributed by atoms with E-state index >= 15 is 0 Å². The summed E-state index contributed by atoms with van der Waals surface area (Å²) in [6.07, 6.45) is 1.40. The van der Waals surface area contributed by atoms with Gasteiger partial charge in [0.05, 0.1) is 13.2 Å². The molecule has 1 atom stereocenters. The molecular weight excluding hydrogens is 509 g/mol. The lowest BCUT2D eigenvalue weighted by atomic mass is 10.0. The summed E-state index contributed by atoms with van der Waals surface area (Å²) in [6, 6.07) is 7.85. The summed E-state index contributed by atoms with van der Waals surface area (Å²) in [6.45, 7) is 10.0. The van der Waals surface area contributed by atoms with Crippen LogP contribution in [0.1, 0.15) is 32.3 Å². The van der Waals surface area contributed by atoms with E-state index in [0.29, 0.717) is 13.2 Å². The number of aliphatic imine (C=N–C) groups is 1. The standard InChI is InChI=1S/C22H35N5O3.HI/c1-22(2,27-9-12-29-13-10-27)16-25-21(23-3)24-15-17-6-4-7-18(14-17)26-20(28)19-8-5-11-30-19;/h4,6-7,14,19H,5,8-13,15-16H2,1-3H3,(H,26,28)(H2,23,24,25);1H. The lowest BCUT2D eigenvalue weighted by molar-refractivity contribution is -0.124. The number of hydrogen-bond acceptors (Lipinski definition) is 5. The van der Waals surface area contributed by atoms with E-state index in [1.807, 2.05) is 24.3 Å². The normalized spacial score (nSPS) is 20.1. The highest BCUT2D eigenvalue weighted by Gasteiger charge is 2.28. The lowest BCUT2D eigenvalue weighted by Crippen LogP contribution is -2.56. The Bertz CT molecular complexity index is 732. The van der Waals surface area contributed by atoms with Gasteiger partial charge in [-0.25, -0.2) is 0 Å². The number of nitrogens with one attached hydrogen (secondary N) is 3. The van der Waals surface area contributed by atoms with Crippen molar-refractivity contribution in [2.75, 3.05) is 51.8 Å². The van der Waals surface area contributed by atoms with Crippen LogP contribution in [0.15, 0.2) is 29.3 Å². The van der Waals surface area contributed by atoms with Crippen LogP contribution in [0.4, 0.5) is 5.69 Å². The van der Waals surface area contributed by atoms with Crippen molar-refractivity contribution in [3.8, 4) is 0 Å². The van der Waals surface area contributed by atoms with Crippen LogP contribution in [0, 0.1) is 0 Å². The molecule has 2 saturated heterocycles. The first kappa shape index (κ1) is 25.8. The first-order valence-corrected chi connectivity index (χ1v) is 10.8. The van der Waals surface area contributed by atoms with Crippen molar-refractivity contribution >= 4 is 41.5 Å². The maximum absolute atomic E-state index is 12.3. The predicted octanol–water partition coefficient (Wildman–Crippen LogP) is 2.20. The van der Waals surface area contributed by atoms with Gasteiger partial charge < -0.3 is 25.4 Å². The second-order valence-corrected chi connectivity index (χ2v) is 8.38. The van der Waals surface area contributed by atoms with Gasteiger partial charge >= 0.3 is 0 Å². The Kier molecular flexibility index (Phi) is 10.5. The van der Waals surface area contributed by atoms with Gasteiger partial charge in [0.1, 0.15) is 6.10 Å². The number of nitrogens with zero attached hydrogens (tertiary/aromatic N) is 2. The fourth-order valence-electron chi connectivity index (χ4n) is 3.75. The van der Waals surface area contributed by atoms with E-state index in [0.717, 1.165) is 62.9 Å². The maximum atomic E-state index is 12.3. The molecule has 8 nitrogen and oxygen atoms in total. The topological polar surface area (TPSA) is 87.2 Å². The summed E-state index contributed by atoms with van der Waals surface area (Å²) in [7, 11) is 1.77. The zero-order valence-corrected chi connectivity index (χ0v) is 21.1. The summed E-state index contributed by atoms with van der Waals surface area (Å²) in [5, 5.41) is 9.74. The van der Waals surface area contributed by atoms with Crippen molar-refractivity contribution in [2.24, 2.45) is 4.99 Å². The Labute approximate surface area is 202 Å². The number of carbonyl (C=O) groups is 1. The molecule has 0 aliphatic carbocycles. The van der Waals surface area contributed by atoms with Crippen molar-refractivity contribution in [3.05, 3.63) is 29.8 Å². The minimum absolute atomic E-state index is 0. The molecule has 0 bridgehead atoms. The third-order valence-electron chi connectivity index (χ3n) is 5.66. The van der Waals surface area contributed by atoms with E-state index in [-0.39, 0.29) is 41.5 Å². The molecule has 1 amide bonds. The quantitative estimate of drug-likeness (QED) is 0.277. The zero-order chi connectivity index (χ0) is 21.4. The number of morpholine rings is 1. The Hall–Kier alpha value is -1.43. The molecule has 9 heteroatoms. The van der Waals surface area contributed by atoms with Gasteiger partial charge in [-0.05, 0) is 44.4 Å². The molecule has 2 aliphatic rings. The highest BCUT2D eigenvalue weighted by Crippen LogP contribution is 2.17. The lowest BCUT2D eigenvalue weighted by Gasteiger charge is -2.41. The minimum atomic E-state index is -0.329. The summed E-state index contributed by atoms with van der Waals surface area (Å²) in [5.74, 6) is 0.686. The minimum Gasteiger partial charge on any atom is -0.379 e. The molecule has 0 radical (unpaired) electrons. The van der Waals surface area contributed by atoms with E-state index in [2.05, 4.69) is 39.7 Å². The van der Waals surface area contributed by atoms with Gasteiger partial charge in [-0.2, -0.15) is 0 Å². The van der Waals surface area contributed by atoms with Gasteiger partial charge in [0.25, 0.3) is 5.91 Å². The first-order chi connectivity index (χ1) is 14.5. The van der Waals surface area contributed by atoms with Crippen LogP contribution >= 0.6 is 24.0 Å². The fourth-order valence-corrected chi connectivity index (χ4v) is 3.75. The third kappa shape index (κ3) is 7.89. The molecule has 3 rings (SSSR count). The smallest absolute Gasteiger partial charge is 0.253 e. The van der Waals surface area contributed by atoms with Gasteiger partial charge in [-0.3, -0.25) is 14.7 Å². The number of hydrogen-bond donors (Lipinski definition) is 3. The van der Waals surface area contributed by atoms with Crippen LogP contribution in [-0.4, -0.2) is 74.9 Å². The molecule has 0 saturated carbocycles. The molecule has 0 spiro atoms. The van der Waals surface area contributed by atoms with E-state index in [4.69, 9.17) is 9.47 Å². The van der Waals surface area contributed by atoms with E-state index < -0.39 is 0 Å². The fraction of sp³-hybridized carbons (Fsp3) is 0.636. The largest absolute Gasteiger partial charge is 0.379 e. The molecule has 1 unspecified atom stereocenters. The molecule has 1 aromatic rings. The Balaban J connectivity index is 0.00000341. The number of benzene rings is 1. The number of ether oxygens (including phenoxy) is 2. The molecule has 2 fully saturated rings. The van der Waals surface area contributed by atoms with Crippen LogP contribution in [-0.2, 0) is 20.8 Å². The summed E-state index contributed by atoms with van der Waals surface area (Å²) in [4.78, 5) is 19.0. The summed E-state index contributed by atoms with van der Waals surface area (Å²) in [5.41, 5.74) is 1.86. The number of halogens is 1. The van der Waals surface area contributed by atoms with Crippen molar-refractivity contribution in [3.63, 3.8) is 0 Å². The van der Waals surface area contributed by atoms with Gasteiger partial charge in [0.2, 0.25) is 0 Å². The molecule has 0 aromatic heterocycles. The SMILES string of the molecule is CN=C(NCc1cccc(NC(=O)C2CCCO2)c1)NCC(C)(C)N1CCOCC1.I.